The minimum absolute atomic E-state index is 0.295. The second kappa shape index (κ2) is 6.21. The van der Waals surface area contributed by atoms with Crippen LogP contribution in [-0.4, -0.2) is 21.3 Å². The predicted octanol–water partition coefficient (Wildman–Crippen LogP) is 4.15. The minimum atomic E-state index is -0.910. The molecule has 0 aliphatic carbocycles. The maximum Gasteiger partial charge on any atom is 0.335 e. The summed E-state index contributed by atoms with van der Waals surface area (Å²) in [5.74, 6) is -0.00584. The lowest BCUT2D eigenvalue weighted by molar-refractivity contribution is 0.0697. The normalized spacial score (nSPS) is 10.9. The van der Waals surface area contributed by atoms with Gasteiger partial charge in [0.2, 0.25) is 0 Å². The molecule has 19 heavy (non-hydrogen) atoms. The molecule has 1 N–H and O–H groups in total. The quantitative estimate of drug-likeness (QED) is 0.899. The van der Waals surface area contributed by atoms with Crippen molar-refractivity contribution in [3.05, 3.63) is 40.2 Å². The van der Waals surface area contributed by atoms with Crippen LogP contribution in [-0.2, 0) is 5.75 Å². The van der Waals surface area contributed by atoms with Gasteiger partial charge in [0.05, 0.1) is 11.3 Å². The average molecular weight is 293 g/mol. The number of aromatic nitrogens is 1. The van der Waals surface area contributed by atoms with E-state index in [1.54, 1.807) is 29.5 Å². The maximum absolute atomic E-state index is 10.9. The van der Waals surface area contributed by atoms with Crippen LogP contribution in [0.3, 0.4) is 0 Å². The number of nitrogens with zero attached hydrogens (tertiary/aromatic N) is 1. The van der Waals surface area contributed by atoms with E-state index in [0.717, 1.165) is 22.0 Å². The third kappa shape index (κ3) is 3.81. The number of carboxylic acid groups (broad SMARTS) is 1. The van der Waals surface area contributed by atoms with Crippen molar-refractivity contribution in [2.45, 2.75) is 24.9 Å². The van der Waals surface area contributed by atoms with Gasteiger partial charge in [0, 0.05) is 16.7 Å². The van der Waals surface area contributed by atoms with Gasteiger partial charge in [-0.1, -0.05) is 26.0 Å². The molecule has 0 saturated carbocycles. The Balaban J connectivity index is 2.18. The van der Waals surface area contributed by atoms with Crippen LogP contribution in [0.1, 0.15) is 29.2 Å². The zero-order valence-corrected chi connectivity index (χ0v) is 12.4. The second-order valence-corrected chi connectivity index (χ2v) is 6.88. The zero-order valence-electron chi connectivity index (χ0n) is 10.8. The third-order valence-electron chi connectivity index (χ3n) is 2.50. The van der Waals surface area contributed by atoms with Crippen molar-refractivity contribution in [3.63, 3.8) is 0 Å². The Morgan fingerprint density at radius 2 is 2.26 bits per heavy atom. The Labute approximate surface area is 120 Å². The summed E-state index contributed by atoms with van der Waals surface area (Å²) in [4.78, 5) is 15.5. The molecule has 1 aromatic carbocycles. The van der Waals surface area contributed by atoms with E-state index in [4.69, 9.17) is 5.11 Å². The van der Waals surface area contributed by atoms with E-state index >= 15 is 0 Å². The van der Waals surface area contributed by atoms with Gasteiger partial charge in [0.1, 0.15) is 5.01 Å². The molecular formula is C14H15NO2S2. The first-order chi connectivity index (χ1) is 9.06. The number of rotatable bonds is 5. The van der Waals surface area contributed by atoms with E-state index in [1.807, 2.05) is 23.2 Å². The fourth-order valence-electron chi connectivity index (χ4n) is 1.56. The van der Waals surface area contributed by atoms with Gasteiger partial charge in [0.25, 0.3) is 0 Å². The molecule has 0 amide bonds. The number of thiazole rings is 1. The monoisotopic (exact) mass is 293 g/mol. The molecule has 0 aliphatic rings. The van der Waals surface area contributed by atoms with Crippen LogP contribution < -0.4 is 0 Å². The summed E-state index contributed by atoms with van der Waals surface area (Å²) in [5, 5.41) is 12.6. The molecule has 0 aliphatic heterocycles. The molecule has 2 aromatic rings. The van der Waals surface area contributed by atoms with Gasteiger partial charge in [-0.05, 0) is 17.4 Å². The summed E-state index contributed by atoms with van der Waals surface area (Å²) in [6.45, 7) is 4.32. The van der Waals surface area contributed by atoms with E-state index in [-0.39, 0.29) is 0 Å². The Kier molecular flexibility index (Phi) is 4.61. The molecule has 0 radical (unpaired) electrons. The Morgan fingerprint density at radius 1 is 1.47 bits per heavy atom. The van der Waals surface area contributed by atoms with E-state index in [9.17, 15) is 4.79 Å². The number of hydrogen-bond acceptors (Lipinski definition) is 4. The van der Waals surface area contributed by atoms with E-state index < -0.39 is 5.97 Å². The van der Waals surface area contributed by atoms with Crippen molar-refractivity contribution in [3.8, 4) is 11.3 Å². The number of carbonyl (C=O) groups is 1. The summed E-state index contributed by atoms with van der Waals surface area (Å²) >= 11 is 3.48. The van der Waals surface area contributed by atoms with Crippen LogP contribution >= 0.6 is 23.1 Å². The molecule has 0 bridgehead atoms. The first-order valence-corrected chi connectivity index (χ1v) is 7.89. The molecule has 1 heterocycles. The Morgan fingerprint density at radius 3 is 2.95 bits per heavy atom. The van der Waals surface area contributed by atoms with Crippen molar-refractivity contribution >= 4 is 29.1 Å². The molecule has 0 fully saturated rings. The van der Waals surface area contributed by atoms with Gasteiger partial charge in [-0.15, -0.1) is 11.3 Å². The summed E-state index contributed by atoms with van der Waals surface area (Å²) in [5.41, 5.74) is 2.01. The highest BCUT2D eigenvalue weighted by Crippen LogP contribution is 2.26. The maximum atomic E-state index is 10.9. The standard InChI is InChI=1S/C14H15NO2S2/c1-9(2)18-8-13-15-12(7-19-13)10-4-3-5-11(6-10)14(16)17/h3-7,9H,8H2,1-2H3,(H,16,17). The van der Waals surface area contributed by atoms with Crippen molar-refractivity contribution < 1.29 is 9.90 Å². The lowest BCUT2D eigenvalue weighted by Gasteiger charge is -2.01. The number of hydrogen-bond donors (Lipinski definition) is 1. The third-order valence-corrected chi connectivity index (χ3v) is 4.64. The molecule has 0 atom stereocenters. The zero-order chi connectivity index (χ0) is 13.8. The van der Waals surface area contributed by atoms with Crippen LogP contribution in [0, 0.1) is 0 Å². The van der Waals surface area contributed by atoms with Crippen LogP contribution in [0.15, 0.2) is 29.6 Å². The lowest BCUT2D eigenvalue weighted by Crippen LogP contribution is -1.95. The Hall–Kier alpha value is -1.33. The van der Waals surface area contributed by atoms with Gasteiger partial charge in [-0.25, -0.2) is 9.78 Å². The molecular weight excluding hydrogens is 278 g/mol. The van der Waals surface area contributed by atoms with Crippen LogP contribution in [0.25, 0.3) is 11.3 Å². The van der Waals surface area contributed by atoms with Gasteiger partial charge >= 0.3 is 5.97 Å². The molecule has 0 unspecified atom stereocenters. The van der Waals surface area contributed by atoms with Gasteiger partial charge in [-0.2, -0.15) is 11.8 Å². The number of benzene rings is 1. The largest absolute Gasteiger partial charge is 0.478 e. The predicted molar refractivity (Wildman–Crippen MR) is 80.9 cm³/mol. The average Bonchev–Trinajstić information content (AvgIpc) is 2.85. The molecule has 3 nitrogen and oxygen atoms in total. The second-order valence-electron chi connectivity index (χ2n) is 4.37. The first-order valence-electron chi connectivity index (χ1n) is 5.96. The lowest BCUT2D eigenvalue weighted by atomic mass is 10.1. The topological polar surface area (TPSA) is 50.2 Å². The Bertz CT molecular complexity index is 578. The van der Waals surface area contributed by atoms with Gasteiger partial charge in [-0.3, -0.25) is 0 Å². The van der Waals surface area contributed by atoms with Crippen LogP contribution in [0.5, 0.6) is 0 Å². The number of thioether (sulfide) groups is 1. The van der Waals surface area contributed by atoms with Crippen molar-refractivity contribution in [2.24, 2.45) is 0 Å². The minimum Gasteiger partial charge on any atom is -0.478 e. The van der Waals surface area contributed by atoms with Crippen molar-refractivity contribution in [1.82, 2.24) is 4.98 Å². The summed E-state index contributed by atoms with van der Waals surface area (Å²) in [6.07, 6.45) is 0. The first kappa shape index (κ1) is 14.1. The molecule has 0 spiro atoms. The SMILES string of the molecule is CC(C)SCc1nc(-c2cccc(C(=O)O)c2)cs1. The van der Waals surface area contributed by atoms with Crippen molar-refractivity contribution in [1.29, 1.82) is 0 Å². The smallest absolute Gasteiger partial charge is 0.335 e. The molecule has 1 aromatic heterocycles. The fraction of sp³-hybridized carbons (Fsp3) is 0.286. The highest BCUT2D eigenvalue weighted by molar-refractivity contribution is 7.99. The van der Waals surface area contributed by atoms with E-state index in [2.05, 4.69) is 18.8 Å². The van der Waals surface area contributed by atoms with Gasteiger partial charge < -0.3 is 5.11 Å². The molecule has 5 heteroatoms. The van der Waals surface area contributed by atoms with Crippen LogP contribution in [0.2, 0.25) is 0 Å². The van der Waals surface area contributed by atoms with Crippen molar-refractivity contribution in [2.75, 3.05) is 0 Å². The van der Waals surface area contributed by atoms with Crippen LogP contribution in [0.4, 0.5) is 0 Å². The summed E-state index contributed by atoms with van der Waals surface area (Å²) < 4.78 is 0. The highest BCUT2D eigenvalue weighted by atomic mass is 32.2. The van der Waals surface area contributed by atoms with Gasteiger partial charge in [0.15, 0.2) is 0 Å². The van der Waals surface area contributed by atoms with E-state index in [1.165, 1.54) is 0 Å². The highest BCUT2D eigenvalue weighted by Gasteiger charge is 2.08. The number of aromatic carboxylic acids is 1. The summed E-state index contributed by atoms with van der Waals surface area (Å²) in [6, 6.07) is 6.89. The number of carboxylic acids is 1. The fourth-order valence-corrected chi connectivity index (χ4v) is 3.16. The molecule has 0 saturated heterocycles. The molecule has 2 rings (SSSR count). The summed E-state index contributed by atoms with van der Waals surface area (Å²) in [7, 11) is 0. The van der Waals surface area contributed by atoms with E-state index in [0.29, 0.717) is 10.8 Å². The molecule has 100 valence electrons.